The molecule has 14 heteroatoms. The fourth-order valence-electron chi connectivity index (χ4n) is 5.05. The van der Waals surface area contributed by atoms with Gasteiger partial charge in [0.05, 0.1) is 21.7 Å². The van der Waals surface area contributed by atoms with Gasteiger partial charge in [-0.25, -0.2) is 21.6 Å². The van der Waals surface area contributed by atoms with Gasteiger partial charge in [0.2, 0.25) is 10.0 Å². The standard InChI is InChI=1S/C25H28F3N7O3S/c1-25(2)22-18(13-35(25)39(37,38)17-9-14(26)8-15(27)10-17)23(32-31-22)30-24(36)21-19(28)11-16(12-20(21)29)34-6-4-33(3)5-7-34/h8-12H,4-7,13,29H2,1-3H3,(H2,30,31,32,36). The first-order chi connectivity index (χ1) is 18.3. The number of sulfonamides is 1. The number of nitrogens with one attached hydrogen (secondary N) is 2. The summed E-state index contributed by atoms with van der Waals surface area (Å²) in [5.41, 5.74) is 5.76. The number of nitrogens with two attached hydrogens (primary N) is 1. The van der Waals surface area contributed by atoms with E-state index in [1.807, 2.05) is 11.9 Å². The Morgan fingerprint density at radius 1 is 1.05 bits per heavy atom. The third-order valence-electron chi connectivity index (χ3n) is 7.26. The molecule has 4 N–H and O–H groups in total. The summed E-state index contributed by atoms with van der Waals surface area (Å²) >= 11 is 0. The van der Waals surface area contributed by atoms with E-state index >= 15 is 4.39 Å². The molecule has 3 heterocycles. The highest BCUT2D eigenvalue weighted by molar-refractivity contribution is 7.89. The molecule has 0 saturated carbocycles. The van der Waals surface area contributed by atoms with E-state index in [1.54, 1.807) is 19.9 Å². The Labute approximate surface area is 223 Å². The van der Waals surface area contributed by atoms with E-state index in [9.17, 15) is 22.0 Å². The number of benzene rings is 2. The van der Waals surface area contributed by atoms with Crippen LogP contribution >= 0.6 is 0 Å². The van der Waals surface area contributed by atoms with Crippen molar-refractivity contribution < 1.29 is 26.4 Å². The first-order valence-electron chi connectivity index (χ1n) is 12.2. The second-order valence-electron chi connectivity index (χ2n) is 10.2. The van der Waals surface area contributed by atoms with Crippen LogP contribution in [0.2, 0.25) is 0 Å². The summed E-state index contributed by atoms with van der Waals surface area (Å²) in [6.07, 6.45) is 0. The van der Waals surface area contributed by atoms with Gasteiger partial charge in [0.1, 0.15) is 17.5 Å². The molecule has 2 aliphatic rings. The number of carbonyl (C=O) groups is 1. The van der Waals surface area contributed by atoms with Crippen LogP contribution in [-0.4, -0.2) is 67.0 Å². The van der Waals surface area contributed by atoms with Crippen molar-refractivity contribution in [2.45, 2.75) is 30.8 Å². The molecule has 10 nitrogen and oxygen atoms in total. The summed E-state index contributed by atoms with van der Waals surface area (Å²) in [5.74, 6) is -3.72. The number of likely N-dealkylation sites (N-methyl/N-ethyl adjacent to an activating group) is 1. The summed E-state index contributed by atoms with van der Waals surface area (Å²) in [6, 6.07) is 4.87. The van der Waals surface area contributed by atoms with Crippen LogP contribution in [0.25, 0.3) is 0 Å². The number of fused-ring (bicyclic) bond motifs is 1. The van der Waals surface area contributed by atoms with Crippen LogP contribution in [0.5, 0.6) is 0 Å². The van der Waals surface area contributed by atoms with E-state index in [2.05, 4.69) is 20.4 Å². The molecule has 0 radical (unpaired) electrons. The molecular formula is C25H28F3N7O3S. The normalized spacial score (nSPS) is 17.8. The van der Waals surface area contributed by atoms with Crippen LogP contribution in [0.1, 0.15) is 35.5 Å². The predicted molar refractivity (Wildman–Crippen MR) is 139 cm³/mol. The van der Waals surface area contributed by atoms with Crippen molar-refractivity contribution in [3.05, 3.63) is 64.6 Å². The molecule has 1 saturated heterocycles. The number of amides is 1. The minimum atomic E-state index is -4.35. The lowest BCUT2D eigenvalue weighted by atomic mass is 10.0. The van der Waals surface area contributed by atoms with Crippen LogP contribution in [0, 0.1) is 17.5 Å². The molecule has 0 atom stereocenters. The monoisotopic (exact) mass is 563 g/mol. The van der Waals surface area contributed by atoms with Gasteiger partial charge in [-0.3, -0.25) is 9.89 Å². The van der Waals surface area contributed by atoms with Crippen LogP contribution < -0.4 is 16.0 Å². The summed E-state index contributed by atoms with van der Waals surface area (Å²) in [7, 11) is -2.35. The van der Waals surface area contributed by atoms with Crippen molar-refractivity contribution in [3.8, 4) is 0 Å². The van der Waals surface area contributed by atoms with Crippen molar-refractivity contribution in [2.75, 3.05) is 49.2 Å². The zero-order chi connectivity index (χ0) is 28.3. The summed E-state index contributed by atoms with van der Waals surface area (Å²) in [6.45, 7) is 5.93. The van der Waals surface area contributed by atoms with Crippen molar-refractivity contribution in [1.29, 1.82) is 0 Å². The fraction of sp³-hybridized carbons (Fsp3) is 0.360. The van der Waals surface area contributed by atoms with Gasteiger partial charge in [0.25, 0.3) is 5.91 Å². The second kappa shape index (κ2) is 9.54. The van der Waals surface area contributed by atoms with E-state index in [0.29, 0.717) is 36.1 Å². The van der Waals surface area contributed by atoms with Gasteiger partial charge in [-0.2, -0.15) is 9.40 Å². The maximum Gasteiger partial charge on any atom is 0.261 e. The number of hydrogen-bond acceptors (Lipinski definition) is 7. The maximum atomic E-state index is 15.1. The Bertz CT molecular complexity index is 1520. The third kappa shape index (κ3) is 4.72. The Morgan fingerprint density at radius 3 is 2.31 bits per heavy atom. The van der Waals surface area contributed by atoms with Gasteiger partial charge in [0.15, 0.2) is 5.82 Å². The second-order valence-corrected chi connectivity index (χ2v) is 12.1. The zero-order valence-electron chi connectivity index (χ0n) is 21.6. The minimum Gasteiger partial charge on any atom is -0.398 e. The Balaban J connectivity index is 1.40. The lowest BCUT2D eigenvalue weighted by Gasteiger charge is -2.34. The third-order valence-corrected chi connectivity index (χ3v) is 9.26. The highest BCUT2D eigenvalue weighted by Gasteiger charge is 2.48. The van der Waals surface area contributed by atoms with Crippen molar-refractivity contribution in [2.24, 2.45) is 0 Å². The number of halogens is 3. The molecule has 2 aromatic carbocycles. The predicted octanol–water partition coefficient (Wildman–Crippen LogP) is 2.85. The number of carbonyl (C=O) groups excluding carboxylic acids is 1. The van der Waals surface area contributed by atoms with E-state index < -0.39 is 43.8 Å². The number of anilines is 3. The van der Waals surface area contributed by atoms with Crippen molar-refractivity contribution >= 4 is 33.1 Å². The number of piperazine rings is 1. The van der Waals surface area contributed by atoms with Crippen LogP contribution in [0.3, 0.4) is 0 Å². The van der Waals surface area contributed by atoms with Crippen LogP contribution in [-0.2, 0) is 22.1 Å². The van der Waals surface area contributed by atoms with Crippen molar-refractivity contribution in [1.82, 2.24) is 19.4 Å². The average molecular weight is 564 g/mol. The van der Waals surface area contributed by atoms with E-state index in [-0.39, 0.29) is 23.6 Å². The molecule has 0 spiro atoms. The average Bonchev–Trinajstić information content (AvgIpc) is 3.36. The summed E-state index contributed by atoms with van der Waals surface area (Å²) in [5, 5.41) is 9.37. The van der Waals surface area contributed by atoms with Gasteiger partial charge in [-0.05, 0) is 45.2 Å². The first-order valence-corrected chi connectivity index (χ1v) is 13.6. The molecule has 5 rings (SSSR count). The smallest absolute Gasteiger partial charge is 0.261 e. The van der Waals surface area contributed by atoms with E-state index in [0.717, 1.165) is 29.5 Å². The number of H-pyrrole nitrogens is 1. The Morgan fingerprint density at radius 2 is 1.69 bits per heavy atom. The number of rotatable bonds is 5. The lowest BCUT2D eigenvalue weighted by Crippen LogP contribution is -2.44. The number of nitrogen functional groups attached to an aromatic ring is 1. The summed E-state index contributed by atoms with van der Waals surface area (Å²) in [4.78, 5) is 16.7. The van der Waals surface area contributed by atoms with Crippen LogP contribution in [0.4, 0.5) is 30.4 Å². The minimum absolute atomic E-state index is 0.00635. The maximum absolute atomic E-state index is 15.1. The molecule has 0 aliphatic carbocycles. The van der Waals surface area contributed by atoms with Gasteiger partial charge in [-0.15, -0.1) is 0 Å². The number of aromatic nitrogens is 2. The highest BCUT2D eigenvalue weighted by Crippen LogP contribution is 2.44. The van der Waals surface area contributed by atoms with E-state index in [4.69, 9.17) is 5.73 Å². The number of nitrogens with zero attached hydrogens (tertiary/aromatic N) is 4. The topological polar surface area (TPSA) is 128 Å². The molecule has 1 amide bonds. The molecular weight excluding hydrogens is 535 g/mol. The quantitative estimate of drug-likeness (QED) is 0.408. The molecule has 0 bridgehead atoms. The molecule has 1 aromatic heterocycles. The Hall–Kier alpha value is -3.62. The highest BCUT2D eigenvalue weighted by atomic mass is 32.2. The number of hydrogen-bond donors (Lipinski definition) is 3. The van der Waals surface area contributed by atoms with Gasteiger partial charge in [-0.1, -0.05) is 0 Å². The lowest BCUT2D eigenvalue weighted by molar-refractivity contribution is 0.102. The Kier molecular flexibility index (Phi) is 6.59. The molecule has 3 aromatic rings. The fourth-order valence-corrected chi connectivity index (χ4v) is 6.82. The largest absolute Gasteiger partial charge is 0.398 e. The molecule has 39 heavy (non-hydrogen) atoms. The van der Waals surface area contributed by atoms with Gasteiger partial charge in [0, 0.05) is 55.7 Å². The van der Waals surface area contributed by atoms with Gasteiger partial charge < -0.3 is 20.9 Å². The summed E-state index contributed by atoms with van der Waals surface area (Å²) < 4.78 is 70.4. The molecule has 1 fully saturated rings. The number of aromatic amines is 1. The SMILES string of the molecule is CN1CCN(c2cc(N)c(C(=O)Nc3n[nH]c4c3CN(S(=O)(=O)c3cc(F)cc(F)c3)C4(C)C)c(F)c2)CC1. The van der Waals surface area contributed by atoms with Gasteiger partial charge >= 0.3 is 0 Å². The molecule has 2 aliphatic heterocycles. The zero-order valence-corrected chi connectivity index (χ0v) is 22.4. The van der Waals surface area contributed by atoms with Crippen LogP contribution in [0.15, 0.2) is 35.2 Å². The van der Waals surface area contributed by atoms with E-state index in [1.165, 1.54) is 6.07 Å². The first kappa shape index (κ1) is 27.0. The molecule has 208 valence electrons. The van der Waals surface area contributed by atoms with Crippen molar-refractivity contribution in [3.63, 3.8) is 0 Å². The molecule has 0 unspecified atom stereocenters.